The Bertz CT molecular complexity index is 391. The molecule has 1 aromatic rings. The molecule has 0 radical (unpaired) electrons. The summed E-state index contributed by atoms with van der Waals surface area (Å²) in [6, 6.07) is 1.67. The molecule has 80 valence electrons. The summed E-state index contributed by atoms with van der Waals surface area (Å²) in [6.07, 6.45) is 3.71. The van der Waals surface area contributed by atoms with Gasteiger partial charge in [-0.05, 0) is 24.8 Å². The molecule has 4 nitrogen and oxygen atoms in total. The summed E-state index contributed by atoms with van der Waals surface area (Å²) >= 11 is 3.85. The molecule has 1 aliphatic carbocycles. The first kappa shape index (κ1) is 10.3. The molecule has 0 bridgehead atoms. The Labute approximate surface area is 93.2 Å². The van der Waals surface area contributed by atoms with Crippen molar-refractivity contribution in [1.29, 1.82) is 0 Å². The van der Waals surface area contributed by atoms with Crippen LogP contribution in [0.25, 0.3) is 0 Å². The van der Waals surface area contributed by atoms with E-state index in [1.165, 1.54) is 0 Å². The SMILES string of the molecule is Nc1nccc(OC(=O)CS)c1C1CC1. The zero-order valence-corrected chi connectivity index (χ0v) is 9.04. The summed E-state index contributed by atoms with van der Waals surface area (Å²) in [4.78, 5) is 15.1. The third-order valence-electron chi connectivity index (χ3n) is 2.32. The number of nitrogens with two attached hydrogens (primary N) is 1. The van der Waals surface area contributed by atoms with E-state index in [9.17, 15) is 4.79 Å². The van der Waals surface area contributed by atoms with Crippen molar-refractivity contribution in [2.75, 3.05) is 11.5 Å². The number of anilines is 1. The molecule has 0 spiro atoms. The van der Waals surface area contributed by atoms with Crippen molar-refractivity contribution in [3.8, 4) is 5.75 Å². The van der Waals surface area contributed by atoms with Crippen LogP contribution in [0.2, 0.25) is 0 Å². The summed E-state index contributed by atoms with van der Waals surface area (Å²) in [7, 11) is 0. The molecular weight excluding hydrogens is 212 g/mol. The second-order valence-electron chi connectivity index (χ2n) is 3.51. The quantitative estimate of drug-likeness (QED) is 0.601. The molecule has 15 heavy (non-hydrogen) atoms. The minimum atomic E-state index is -0.370. The lowest BCUT2D eigenvalue weighted by atomic mass is 10.1. The molecule has 0 saturated heterocycles. The van der Waals surface area contributed by atoms with Crippen LogP contribution in [0, 0.1) is 0 Å². The predicted octanol–water partition coefficient (Wildman–Crippen LogP) is 1.38. The van der Waals surface area contributed by atoms with Crippen molar-refractivity contribution in [3.63, 3.8) is 0 Å². The van der Waals surface area contributed by atoms with Gasteiger partial charge in [-0.15, -0.1) is 0 Å². The van der Waals surface area contributed by atoms with Crippen molar-refractivity contribution in [1.82, 2.24) is 4.98 Å². The summed E-state index contributed by atoms with van der Waals surface area (Å²) in [5.74, 6) is 1.09. The minimum Gasteiger partial charge on any atom is -0.425 e. The van der Waals surface area contributed by atoms with Gasteiger partial charge >= 0.3 is 5.97 Å². The molecule has 1 fully saturated rings. The highest BCUT2D eigenvalue weighted by Gasteiger charge is 2.30. The number of carbonyl (C=O) groups excluding carboxylic acids is 1. The average Bonchev–Trinajstić information content (AvgIpc) is 3.01. The van der Waals surface area contributed by atoms with E-state index >= 15 is 0 Å². The summed E-state index contributed by atoms with van der Waals surface area (Å²) in [6.45, 7) is 0. The second-order valence-corrected chi connectivity index (χ2v) is 3.83. The van der Waals surface area contributed by atoms with Crippen molar-refractivity contribution in [3.05, 3.63) is 17.8 Å². The molecule has 0 aliphatic heterocycles. The highest BCUT2D eigenvalue weighted by molar-refractivity contribution is 7.81. The number of hydrogen-bond donors (Lipinski definition) is 2. The lowest BCUT2D eigenvalue weighted by molar-refractivity contribution is -0.131. The monoisotopic (exact) mass is 224 g/mol. The van der Waals surface area contributed by atoms with Crippen LogP contribution >= 0.6 is 12.6 Å². The summed E-state index contributed by atoms with van der Waals surface area (Å²) < 4.78 is 5.14. The lowest BCUT2D eigenvalue weighted by Crippen LogP contribution is -2.11. The summed E-state index contributed by atoms with van der Waals surface area (Å²) in [5.41, 5.74) is 6.63. The van der Waals surface area contributed by atoms with E-state index in [1.807, 2.05) is 0 Å². The molecular formula is C10H12N2O2S. The van der Waals surface area contributed by atoms with E-state index in [0.29, 0.717) is 17.5 Å². The van der Waals surface area contributed by atoms with Gasteiger partial charge in [0.25, 0.3) is 0 Å². The number of aromatic nitrogens is 1. The van der Waals surface area contributed by atoms with Crippen LogP contribution in [0.3, 0.4) is 0 Å². The molecule has 0 unspecified atom stereocenters. The van der Waals surface area contributed by atoms with E-state index in [2.05, 4.69) is 17.6 Å². The fraction of sp³-hybridized carbons (Fsp3) is 0.400. The van der Waals surface area contributed by atoms with Gasteiger partial charge in [0, 0.05) is 11.8 Å². The van der Waals surface area contributed by atoms with Crippen molar-refractivity contribution in [2.45, 2.75) is 18.8 Å². The number of esters is 1. The number of rotatable bonds is 3. The smallest absolute Gasteiger partial charge is 0.321 e. The Morgan fingerprint density at radius 1 is 1.67 bits per heavy atom. The first-order valence-electron chi connectivity index (χ1n) is 4.78. The van der Waals surface area contributed by atoms with Gasteiger partial charge in [-0.2, -0.15) is 12.6 Å². The standard InChI is InChI=1S/C10H12N2O2S/c11-10-9(6-1-2-6)7(3-4-12-10)14-8(13)5-15/h3-4,6,15H,1-2,5H2,(H2,11,12). The number of ether oxygens (including phenoxy) is 1. The van der Waals surface area contributed by atoms with Gasteiger partial charge in [0.1, 0.15) is 11.6 Å². The Morgan fingerprint density at radius 2 is 2.40 bits per heavy atom. The van der Waals surface area contributed by atoms with Crippen LogP contribution in [0.5, 0.6) is 5.75 Å². The molecule has 1 aliphatic rings. The van der Waals surface area contributed by atoms with E-state index in [4.69, 9.17) is 10.5 Å². The van der Waals surface area contributed by atoms with Crippen LogP contribution in [-0.4, -0.2) is 16.7 Å². The lowest BCUT2D eigenvalue weighted by Gasteiger charge is -2.09. The van der Waals surface area contributed by atoms with Crippen molar-refractivity contribution >= 4 is 24.4 Å². The molecule has 0 aromatic carbocycles. The molecule has 5 heteroatoms. The van der Waals surface area contributed by atoms with E-state index in [-0.39, 0.29) is 11.7 Å². The van der Waals surface area contributed by atoms with Gasteiger partial charge in [-0.25, -0.2) is 4.98 Å². The Morgan fingerprint density at radius 3 is 3.00 bits per heavy atom. The third kappa shape index (κ3) is 2.23. The number of hydrogen-bond acceptors (Lipinski definition) is 5. The Kier molecular flexibility index (Phi) is 2.81. The maximum Gasteiger partial charge on any atom is 0.321 e. The number of pyridine rings is 1. The minimum absolute atomic E-state index is 0.0618. The van der Waals surface area contributed by atoms with Gasteiger partial charge in [-0.3, -0.25) is 4.79 Å². The van der Waals surface area contributed by atoms with Gasteiger partial charge in [0.2, 0.25) is 0 Å². The van der Waals surface area contributed by atoms with Crippen LogP contribution in [0.1, 0.15) is 24.3 Å². The Hall–Kier alpha value is -1.23. The molecule has 1 saturated carbocycles. The zero-order chi connectivity index (χ0) is 10.8. The van der Waals surface area contributed by atoms with Gasteiger partial charge < -0.3 is 10.5 Å². The molecule has 1 heterocycles. The maximum absolute atomic E-state index is 11.1. The fourth-order valence-electron chi connectivity index (χ4n) is 1.50. The highest BCUT2D eigenvalue weighted by atomic mass is 32.1. The second kappa shape index (κ2) is 4.10. The van der Waals surface area contributed by atoms with Gasteiger partial charge in [0.15, 0.2) is 0 Å². The van der Waals surface area contributed by atoms with Crippen LogP contribution < -0.4 is 10.5 Å². The molecule has 0 atom stereocenters. The largest absolute Gasteiger partial charge is 0.425 e. The van der Waals surface area contributed by atoms with Crippen LogP contribution in [0.4, 0.5) is 5.82 Å². The Balaban J connectivity index is 2.28. The van der Waals surface area contributed by atoms with E-state index in [1.54, 1.807) is 12.3 Å². The van der Waals surface area contributed by atoms with Gasteiger partial charge in [-0.1, -0.05) is 0 Å². The molecule has 0 amide bonds. The normalized spacial score (nSPS) is 15.0. The highest BCUT2D eigenvalue weighted by Crippen LogP contribution is 2.46. The first-order chi connectivity index (χ1) is 7.22. The topological polar surface area (TPSA) is 65.2 Å². The predicted molar refractivity (Wildman–Crippen MR) is 60.1 cm³/mol. The average molecular weight is 224 g/mol. The maximum atomic E-state index is 11.1. The molecule has 2 rings (SSSR count). The first-order valence-corrected chi connectivity index (χ1v) is 5.41. The number of nitrogens with zero attached hydrogens (tertiary/aromatic N) is 1. The number of nitrogen functional groups attached to an aromatic ring is 1. The summed E-state index contributed by atoms with van der Waals surface area (Å²) in [5, 5.41) is 0. The molecule has 1 aromatic heterocycles. The zero-order valence-electron chi connectivity index (χ0n) is 8.14. The molecule has 2 N–H and O–H groups in total. The number of carbonyl (C=O) groups is 1. The van der Waals surface area contributed by atoms with Crippen molar-refractivity contribution < 1.29 is 9.53 Å². The third-order valence-corrected chi connectivity index (χ3v) is 2.58. The van der Waals surface area contributed by atoms with Crippen molar-refractivity contribution in [2.24, 2.45) is 0 Å². The van der Waals surface area contributed by atoms with Gasteiger partial charge in [0.05, 0.1) is 5.75 Å². The van der Waals surface area contributed by atoms with E-state index in [0.717, 1.165) is 18.4 Å². The van der Waals surface area contributed by atoms with E-state index < -0.39 is 0 Å². The van der Waals surface area contributed by atoms with Crippen LogP contribution in [0.15, 0.2) is 12.3 Å². The van der Waals surface area contributed by atoms with Crippen LogP contribution in [-0.2, 0) is 4.79 Å². The number of thiol groups is 1. The fourth-order valence-corrected chi connectivity index (χ4v) is 1.56.